The molecule has 0 saturated carbocycles. The van der Waals surface area contributed by atoms with E-state index < -0.39 is 17.9 Å². The molecule has 0 aliphatic carbocycles. The zero-order valence-corrected chi connectivity index (χ0v) is 34.6. The van der Waals surface area contributed by atoms with Crippen molar-refractivity contribution in [2.24, 2.45) is 11.0 Å². The first-order valence-electron chi connectivity index (χ1n) is 21.1. The number of carboxylic acid groups (broad SMARTS) is 2. The Balaban J connectivity index is 3.51. The van der Waals surface area contributed by atoms with E-state index in [0.717, 1.165) is 44.9 Å². The number of ketones is 1. The lowest BCUT2D eigenvalue weighted by atomic mass is 9.94. The number of nitrogens with zero attached hydrogens (tertiary/aromatic N) is 3. The standard InChI is InChI=1S/C40H74N4O13/c41-44-43-20-22-52-24-26-54-28-30-56-32-34-57-33-31-55-29-27-53-25-23-51-21-19-42-38(46)18-17-36(40(49)50)35-37(45)15-13-11-9-7-5-3-1-2-4-6-8-10-12-14-16-39(47)48/h36H,1-35H2,(H,42,46)(H,47,48)(H,49,50). The molecule has 1 atom stereocenters. The maximum atomic E-state index is 12.4. The largest absolute Gasteiger partial charge is 0.481 e. The van der Waals surface area contributed by atoms with Crippen LogP contribution in [0.1, 0.15) is 122 Å². The van der Waals surface area contributed by atoms with E-state index in [0.29, 0.717) is 112 Å². The molecule has 1 unspecified atom stereocenters. The van der Waals surface area contributed by atoms with Crippen molar-refractivity contribution >= 4 is 23.6 Å². The van der Waals surface area contributed by atoms with Crippen molar-refractivity contribution in [2.45, 2.75) is 122 Å². The lowest BCUT2D eigenvalue weighted by molar-refractivity contribution is -0.144. The number of carboxylic acids is 2. The molecule has 0 saturated heterocycles. The van der Waals surface area contributed by atoms with Crippen LogP contribution >= 0.6 is 0 Å². The number of amides is 1. The Morgan fingerprint density at radius 1 is 0.509 bits per heavy atom. The number of azide groups is 1. The average molecular weight is 819 g/mol. The Bertz CT molecular complexity index is 1020. The summed E-state index contributed by atoms with van der Waals surface area (Å²) in [5.41, 5.74) is 8.15. The topological polar surface area (TPSA) is 234 Å². The minimum Gasteiger partial charge on any atom is -0.481 e. The van der Waals surface area contributed by atoms with Crippen LogP contribution in [0, 0.1) is 5.92 Å². The van der Waals surface area contributed by atoms with Gasteiger partial charge in [-0.2, -0.15) is 0 Å². The minimum atomic E-state index is -1.05. The van der Waals surface area contributed by atoms with Gasteiger partial charge in [-0.25, -0.2) is 0 Å². The van der Waals surface area contributed by atoms with Gasteiger partial charge in [-0.05, 0) is 24.8 Å². The first kappa shape index (κ1) is 54.1. The van der Waals surface area contributed by atoms with E-state index in [1.807, 2.05) is 0 Å². The Morgan fingerprint density at radius 3 is 1.26 bits per heavy atom. The summed E-state index contributed by atoms with van der Waals surface area (Å²) >= 11 is 0. The second-order valence-corrected chi connectivity index (χ2v) is 13.8. The van der Waals surface area contributed by atoms with Crippen molar-refractivity contribution in [3.63, 3.8) is 0 Å². The van der Waals surface area contributed by atoms with Gasteiger partial charge in [-0.15, -0.1) is 0 Å². The van der Waals surface area contributed by atoms with Crippen LogP contribution in [0.3, 0.4) is 0 Å². The molecule has 332 valence electrons. The summed E-state index contributed by atoms with van der Waals surface area (Å²) in [7, 11) is 0. The highest BCUT2D eigenvalue weighted by molar-refractivity contribution is 5.84. The molecule has 0 aromatic rings. The third-order valence-corrected chi connectivity index (χ3v) is 8.84. The SMILES string of the molecule is [N-]=[N+]=NCCOCCOCCOCCOCCOCCOCCOCCNC(=O)CCC(CC(=O)CCCCCCCCCCCCCCCCC(=O)O)C(=O)O. The van der Waals surface area contributed by atoms with Gasteiger partial charge in [0.2, 0.25) is 5.91 Å². The number of carbonyl (C=O) groups is 4. The van der Waals surface area contributed by atoms with E-state index in [1.54, 1.807) is 0 Å². The summed E-state index contributed by atoms with van der Waals surface area (Å²) in [4.78, 5) is 49.5. The maximum absolute atomic E-state index is 12.4. The van der Waals surface area contributed by atoms with Crippen LogP contribution in [0.4, 0.5) is 0 Å². The first-order valence-corrected chi connectivity index (χ1v) is 21.1. The van der Waals surface area contributed by atoms with Crippen LogP contribution < -0.4 is 5.32 Å². The molecule has 0 aromatic heterocycles. The maximum Gasteiger partial charge on any atom is 0.306 e. The number of ether oxygens (including phenoxy) is 7. The Labute approximate surface area is 340 Å². The van der Waals surface area contributed by atoms with Gasteiger partial charge in [0.15, 0.2) is 0 Å². The molecule has 17 heteroatoms. The molecule has 0 spiro atoms. The Hall–Kier alpha value is -2.89. The highest BCUT2D eigenvalue weighted by Crippen LogP contribution is 2.17. The van der Waals surface area contributed by atoms with Gasteiger partial charge in [0, 0.05) is 43.7 Å². The van der Waals surface area contributed by atoms with Gasteiger partial charge in [0.05, 0.1) is 98.4 Å². The molecular weight excluding hydrogens is 744 g/mol. The molecule has 3 N–H and O–H groups in total. The molecular formula is C40H74N4O13. The van der Waals surface area contributed by atoms with Crippen molar-refractivity contribution in [1.29, 1.82) is 0 Å². The summed E-state index contributed by atoms with van der Waals surface area (Å²) in [6.07, 6.45) is 16.2. The Morgan fingerprint density at radius 2 is 0.877 bits per heavy atom. The molecule has 1 amide bonds. The van der Waals surface area contributed by atoms with E-state index in [2.05, 4.69) is 15.3 Å². The van der Waals surface area contributed by atoms with Crippen LogP contribution in [0.2, 0.25) is 0 Å². The van der Waals surface area contributed by atoms with Crippen LogP contribution in [0.15, 0.2) is 5.11 Å². The molecule has 0 aliphatic heterocycles. The normalized spacial score (nSPS) is 11.6. The van der Waals surface area contributed by atoms with Crippen molar-refractivity contribution in [3.05, 3.63) is 10.4 Å². The average Bonchev–Trinajstić information content (AvgIpc) is 3.19. The van der Waals surface area contributed by atoms with E-state index >= 15 is 0 Å². The van der Waals surface area contributed by atoms with Crippen LogP contribution in [-0.2, 0) is 52.3 Å². The fourth-order valence-corrected chi connectivity index (χ4v) is 5.64. The number of hydrogen-bond donors (Lipinski definition) is 3. The second-order valence-electron chi connectivity index (χ2n) is 13.8. The lowest BCUT2D eigenvalue weighted by Crippen LogP contribution is -2.29. The van der Waals surface area contributed by atoms with E-state index in [9.17, 15) is 24.3 Å². The molecule has 0 radical (unpaired) electrons. The quantitative estimate of drug-likeness (QED) is 0.0265. The third-order valence-electron chi connectivity index (χ3n) is 8.84. The number of nitrogens with one attached hydrogen (secondary N) is 1. The molecule has 0 fully saturated rings. The molecule has 0 aromatic carbocycles. The summed E-state index contributed by atoms with van der Waals surface area (Å²) in [5.74, 6) is -2.94. The summed E-state index contributed by atoms with van der Waals surface area (Å²) < 4.78 is 37.8. The zero-order chi connectivity index (χ0) is 41.7. The predicted octanol–water partition coefficient (Wildman–Crippen LogP) is 6.30. The molecule has 0 aliphatic rings. The summed E-state index contributed by atoms with van der Waals surface area (Å²) in [6, 6.07) is 0. The lowest BCUT2D eigenvalue weighted by Gasteiger charge is -2.12. The number of unbranched alkanes of at least 4 members (excludes halogenated alkanes) is 13. The fourth-order valence-electron chi connectivity index (χ4n) is 5.64. The zero-order valence-electron chi connectivity index (χ0n) is 34.6. The molecule has 17 nitrogen and oxygen atoms in total. The van der Waals surface area contributed by atoms with E-state index in [-0.39, 0.29) is 37.4 Å². The van der Waals surface area contributed by atoms with Crippen LogP contribution in [0.5, 0.6) is 0 Å². The van der Waals surface area contributed by atoms with Crippen LogP contribution in [0.25, 0.3) is 10.4 Å². The highest BCUT2D eigenvalue weighted by atomic mass is 16.6. The monoisotopic (exact) mass is 819 g/mol. The van der Waals surface area contributed by atoms with Gasteiger partial charge >= 0.3 is 11.9 Å². The smallest absolute Gasteiger partial charge is 0.306 e. The minimum absolute atomic E-state index is 0.0390. The molecule has 0 heterocycles. The highest BCUT2D eigenvalue weighted by Gasteiger charge is 2.22. The van der Waals surface area contributed by atoms with Gasteiger partial charge in [0.25, 0.3) is 0 Å². The number of rotatable bonds is 47. The second kappa shape index (κ2) is 44.2. The first-order chi connectivity index (χ1) is 27.9. The molecule has 57 heavy (non-hydrogen) atoms. The van der Waals surface area contributed by atoms with Crippen molar-refractivity contribution in [1.82, 2.24) is 5.32 Å². The van der Waals surface area contributed by atoms with Gasteiger partial charge in [0.1, 0.15) is 5.78 Å². The summed E-state index contributed by atoms with van der Waals surface area (Å²) in [6.45, 7) is 6.48. The van der Waals surface area contributed by atoms with E-state index in [1.165, 1.54) is 44.9 Å². The number of aliphatic carboxylic acids is 2. The predicted molar refractivity (Wildman–Crippen MR) is 214 cm³/mol. The third kappa shape index (κ3) is 44.1. The van der Waals surface area contributed by atoms with Gasteiger partial charge < -0.3 is 48.7 Å². The van der Waals surface area contributed by atoms with Crippen LogP contribution in [-0.4, -0.2) is 139 Å². The summed E-state index contributed by atoms with van der Waals surface area (Å²) in [5, 5.41) is 24.3. The fraction of sp³-hybridized carbons (Fsp3) is 0.900. The van der Waals surface area contributed by atoms with Crippen molar-refractivity contribution < 1.29 is 62.5 Å². The van der Waals surface area contributed by atoms with Gasteiger partial charge in [-0.1, -0.05) is 82.2 Å². The number of hydrogen-bond acceptors (Lipinski definition) is 12. The van der Waals surface area contributed by atoms with Crippen molar-refractivity contribution in [3.8, 4) is 0 Å². The van der Waals surface area contributed by atoms with E-state index in [4.69, 9.17) is 43.8 Å². The van der Waals surface area contributed by atoms with Crippen molar-refractivity contribution in [2.75, 3.05) is 106 Å². The number of Topliss-reactive ketones (excluding diaryl/α,β-unsaturated/α-hetero) is 1. The molecule has 0 bridgehead atoms. The number of carbonyl (C=O) groups excluding carboxylic acids is 2. The van der Waals surface area contributed by atoms with Gasteiger partial charge in [-0.3, -0.25) is 19.2 Å². The Kier molecular flexibility index (Phi) is 42.0. The molecule has 0 rings (SSSR count).